The van der Waals surface area contributed by atoms with Crippen LogP contribution in [0.2, 0.25) is 0 Å². The van der Waals surface area contributed by atoms with Gasteiger partial charge in [0.1, 0.15) is 5.76 Å². The Balaban J connectivity index is 1.43. The Labute approximate surface area is 179 Å². The molecule has 4 amide bonds. The molecular formula is C18H18N6O4S2. The molecule has 156 valence electrons. The van der Waals surface area contributed by atoms with E-state index in [0.717, 1.165) is 5.69 Å². The van der Waals surface area contributed by atoms with Crippen molar-refractivity contribution in [1.82, 2.24) is 20.8 Å². The number of nitrogens with one attached hydrogen (secondary N) is 4. The highest BCUT2D eigenvalue weighted by atomic mass is 32.2. The van der Waals surface area contributed by atoms with Gasteiger partial charge in [0.25, 0.3) is 0 Å². The standard InChI is InChI=1S/C18H18N6O4S2/c1-11(25)20-12-4-2-5-13(8-12)21-17-23-24-18(30-17)29-10-15(26)22-16(27)19-9-14-6-3-7-28-14/h2-8H,9-10H2,1H3,(H,20,25)(H,21,23)(H2,19,22,26,27). The second-order valence-electron chi connectivity index (χ2n) is 5.86. The number of hydrogen-bond acceptors (Lipinski definition) is 9. The van der Waals surface area contributed by atoms with Crippen molar-refractivity contribution >= 4 is 57.5 Å². The van der Waals surface area contributed by atoms with E-state index >= 15 is 0 Å². The molecule has 0 spiro atoms. The SMILES string of the molecule is CC(=O)Nc1cccc(Nc2nnc(SCC(=O)NC(=O)NCc3ccco3)s2)c1. The van der Waals surface area contributed by atoms with E-state index < -0.39 is 11.9 Å². The lowest BCUT2D eigenvalue weighted by molar-refractivity contribution is -0.117. The van der Waals surface area contributed by atoms with Crippen LogP contribution in [0.1, 0.15) is 12.7 Å². The molecule has 3 rings (SSSR count). The summed E-state index contributed by atoms with van der Waals surface area (Å²) in [5, 5.41) is 19.1. The van der Waals surface area contributed by atoms with E-state index in [4.69, 9.17) is 4.42 Å². The van der Waals surface area contributed by atoms with Gasteiger partial charge in [-0.25, -0.2) is 4.79 Å². The molecule has 0 fully saturated rings. The summed E-state index contributed by atoms with van der Waals surface area (Å²) in [6, 6.07) is 9.99. The second kappa shape index (κ2) is 10.4. The van der Waals surface area contributed by atoms with Gasteiger partial charge in [-0.1, -0.05) is 29.2 Å². The van der Waals surface area contributed by atoms with Crippen molar-refractivity contribution in [3.8, 4) is 0 Å². The number of amides is 4. The fraction of sp³-hybridized carbons (Fsp3) is 0.167. The Morgan fingerprint density at radius 1 is 1.13 bits per heavy atom. The van der Waals surface area contributed by atoms with Crippen LogP contribution >= 0.6 is 23.1 Å². The van der Waals surface area contributed by atoms with Gasteiger partial charge >= 0.3 is 6.03 Å². The first-order valence-corrected chi connectivity index (χ1v) is 10.5. The predicted molar refractivity (Wildman–Crippen MR) is 114 cm³/mol. The maximum atomic E-state index is 11.9. The van der Waals surface area contributed by atoms with Gasteiger partial charge in [0.15, 0.2) is 4.34 Å². The van der Waals surface area contributed by atoms with E-state index in [-0.39, 0.29) is 18.2 Å². The van der Waals surface area contributed by atoms with E-state index in [2.05, 4.69) is 31.5 Å². The van der Waals surface area contributed by atoms with Gasteiger partial charge in [0, 0.05) is 18.3 Å². The van der Waals surface area contributed by atoms with Gasteiger partial charge in [-0.3, -0.25) is 14.9 Å². The minimum absolute atomic E-state index is 0.0147. The van der Waals surface area contributed by atoms with Crippen molar-refractivity contribution < 1.29 is 18.8 Å². The zero-order valence-corrected chi connectivity index (χ0v) is 17.4. The summed E-state index contributed by atoms with van der Waals surface area (Å²) in [5.74, 6) is -0.0105. The zero-order chi connectivity index (χ0) is 21.3. The number of furan rings is 1. The van der Waals surface area contributed by atoms with Gasteiger partial charge in [0.05, 0.1) is 18.6 Å². The maximum Gasteiger partial charge on any atom is 0.321 e. The van der Waals surface area contributed by atoms with Gasteiger partial charge < -0.3 is 20.4 Å². The number of aromatic nitrogens is 2. The minimum Gasteiger partial charge on any atom is -0.467 e. The van der Waals surface area contributed by atoms with Crippen LogP contribution in [0.4, 0.5) is 21.3 Å². The molecule has 2 aromatic heterocycles. The topological polar surface area (TPSA) is 138 Å². The number of imide groups is 1. The van der Waals surface area contributed by atoms with Crippen LogP contribution in [-0.4, -0.2) is 33.8 Å². The van der Waals surface area contributed by atoms with Crippen molar-refractivity contribution in [2.45, 2.75) is 17.8 Å². The largest absolute Gasteiger partial charge is 0.467 e. The minimum atomic E-state index is -0.601. The second-order valence-corrected chi connectivity index (χ2v) is 8.06. The Hall–Kier alpha value is -3.38. The van der Waals surface area contributed by atoms with Crippen LogP contribution in [0.3, 0.4) is 0 Å². The summed E-state index contributed by atoms with van der Waals surface area (Å²) >= 11 is 2.43. The molecule has 0 unspecified atom stereocenters. The molecule has 30 heavy (non-hydrogen) atoms. The molecule has 4 N–H and O–H groups in total. The quantitative estimate of drug-likeness (QED) is 0.388. The molecule has 0 aliphatic carbocycles. The van der Waals surface area contributed by atoms with E-state index in [1.165, 1.54) is 36.3 Å². The number of hydrogen-bond donors (Lipinski definition) is 4. The number of carbonyl (C=O) groups is 3. The summed E-state index contributed by atoms with van der Waals surface area (Å²) in [6.45, 7) is 1.63. The van der Waals surface area contributed by atoms with Crippen LogP contribution in [0, 0.1) is 0 Å². The summed E-state index contributed by atoms with van der Waals surface area (Å²) in [5.41, 5.74) is 1.40. The Morgan fingerprint density at radius 3 is 2.73 bits per heavy atom. The highest BCUT2D eigenvalue weighted by Gasteiger charge is 2.11. The van der Waals surface area contributed by atoms with Crippen molar-refractivity contribution in [2.75, 3.05) is 16.4 Å². The number of carbonyl (C=O) groups excluding carboxylic acids is 3. The highest BCUT2D eigenvalue weighted by molar-refractivity contribution is 8.01. The molecule has 1 aromatic carbocycles. The molecule has 12 heteroatoms. The highest BCUT2D eigenvalue weighted by Crippen LogP contribution is 2.28. The van der Waals surface area contributed by atoms with Crippen LogP contribution < -0.4 is 21.3 Å². The molecule has 0 saturated heterocycles. The third kappa shape index (κ3) is 6.90. The summed E-state index contributed by atoms with van der Waals surface area (Å²) < 4.78 is 5.66. The molecule has 10 nitrogen and oxygen atoms in total. The first-order valence-electron chi connectivity index (χ1n) is 8.69. The normalized spacial score (nSPS) is 10.3. The fourth-order valence-electron chi connectivity index (χ4n) is 2.23. The van der Waals surface area contributed by atoms with Crippen molar-refractivity contribution in [2.24, 2.45) is 0 Å². The smallest absolute Gasteiger partial charge is 0.321 e. The predicted octanol–water partition coefficient (Wildman–Crippen LogP) is 2.95. The Morgan fingerprint density at radius 2 is 1.97 bits per heavy atom. The summed E-state index contributed by atoms with van der Waals surface area (Å²) in [6.07, 6.45) is 1.50. The summed E-state index contributed by atoms with van der Waals surface area (Å²) in [4.78, 5) is 34.8. The number of benzene rings is 1. The third-order valence-corrected chi connectivity index (χ3v) is 5.40. The Kier molecular flexibility index (Phi) is 7.40. The van der Waals surface area contributed by atoms with Gasteiger partial charge in [-0.2, -0.15) is 0 Å². The summed E-state index contributed by atoms with van der Waals surface area (Å²) in [7, 11) is 0. The van der Waals surface area contributed by atoms with Crippen LogP contribution in [0.25, 0.3) is 0 Å². The van der Waals surface area contributed by atoms with E-state index in [0.29, 0.717) is 20.9 Å². The van der Waals surface area contributed by atoms with E-state index in [9.17, 15) is 14.4 Å². The first kappa shape index (κ1) is 21.3. The third-order valence-electron chi connectivity index (χ3n) is 3.42. The molecule has 0 atom stereocenters. The van der Waals surface area contributed by atoms with E-state index in [1.807, 2.05) is 6.07 Å². The van der Waals surface area contributed by atoms with Crippen LogP contribution in [0.15, 0.2) is 51.4 Å². The monoisotopic (exact) mass is 446 g/mol. The first-order chi connectivity index (χ1) is 14.5. The maximum absolute atomic E-state index is 11.9. The zero-order valence-electron chi connectivity index (χ0n) is 15.8. The van der Waals surface area contributed by atoms with Crippen molar-refractivity contribution in [3.63, 3.8) is 0 Å². The molecule has 0 aliphatic heterocycles. The molecule has 0 saturated carbocycles. The van der Waals surface area contributed by atoms with Crippen LogP contribution in [0.5, 0.6) is 0 Å². The van der Waals surface area contributed by atoms with Crippen molar-refractivity contribution in [3.05, 3.63) is 48.4 Å². The number of nitrogens with zero attached hydrogens (tertiary/aromatic N) is 2. The van der Waals surface area contributed by atoms with Gasteiger partial charge in [-0.15, -0.1) is 10.2 Å². The molecule has 0 radical (unpaired) electrons. The van der Waals surface area contributed by atoms with Gasteiger partial charge in [0.2, 0.25) is 16.9 Å². The lowest BCUT2D eigenvalue weighted by Gasteiger charge is -2.05. The molecule has 0 aliphatic rings. The lowest BCUT2D eigenvalue weighted by atomic mass is 10.3. The average molecular weight is 447 g/mol. The van der Waals surface area contributed by atoms with Gasteiger partial charge in [-0.05, 0) is 30.3 Å². The average Bonchev–Trinajstić information content (AvgIpc) is 3.36. The van der Waals surface area contributed by atoms with Crippen LogP contribution in [-0.2, 0) is 16.1 Å². The lowest BCUT2D eigenvalue weighted by Crippen LogP contribution is -2.39. The molecule has 0 bridgehead atoms. The Bertz CT molecular complexity index is 1020. The molecule has 2 heterocycles. The number of thioether (sulfide) groups is 1. The van der Waals surface area contributed by atoms with E-state index in [1.54, 1.807) is 30.3 Å². The number of urea groups is 1. The number of rotatable bonds is 8. The molecular weight excluding hydrogens is 428 g/mol. The fourth-order valence-corrected chi connectivity index (χ4v) is 3.81. The van der Waals surface area contributed by atoms with Crippen molar-refractivity contribution in [1.29, 1.82) is 0 Å². The number of anilines is 3. The molecule has 3 aromatic rings.